The fourth-order valence-corrected chi connectivity index (χ4v) is 2.83. The van der Waals surface area contributed by atoms with Crippen molar-refractivity contribution in [1.82, 2.24) is 9.97 Å². The number of aromatic nitrogens is 2. The Morgan fingerprint density at radius 3 is 2.32 bits per heavy atom. The Balaban J connectivity index is 1.78. The second-order valence-electron chi connectivity index (χ2n) is 6.05. The highest BCUT2D eigenvalue weighted by molar-refractivity contribution is 5.55. The summed E-state index contributed by atoms with van der Waals surface area (Å²) in [6.07, 6.45) is 10.3. The van der Waals surface area contributed by atoms with Crippen molar-refractivity contribution >= 4 is 11.6 Å². The Morgan fingerprint density at radius 1 is 1.00 bits per heavy atom. The first-order chi connectivity index (χ1) is 9.24. The van der Waals surface area contributed by atoms with E-state index in [9.17, 15) is 0 Å². The standard InChI is InChI=1S/C15H24N4/c1-10-13(16)18-15(11-8-9-11)19-14(10)17-12-6-4-2-3-5-7-12/h11-12H,2-9H2,1H3,(H3,16,17,18,19). The number of nitrogen functional groups attached to an aromatic ring is 1. The Morgan fingerprint density at radius 2 is 1.68 bits per heavy atom. The highest BCUT2D eigenvalue weighted by atomic mass is 15.1. The predicted molar refractivity (Wildman–Crippen MR) is 78.3 cm³/mol. The molecule has 0 amide bonds. The third-order valence-corrected chi connectivity index (χ3v) is 4.34. The molecule has 3 N–H and O–H groups in total. The van der Waals surface area contributed by atoms with Gasteiger partial charge >= 0.3 is 0 Å². The van der Waals surface area contributed by atoms with Crippen LogP contribution in [0.15, 0.2) is 0 Å². The zero-order valence-corrected chi connectivity index (χ0v) is 11.8. The van der Waals surface area contributed by atoms with E-state index in [0.717, 1.165) is 17.2 Å². The number of nitrogens with zero attached hydrogens (tertiary/aromatic N) is 2. The molecule has 0 aromatic carbocycles. The van der Waals surface area contributed by atoms with Gasteiger partial charge in [-0.2, -0.15) is 0 Å². The van der Waals surface area contributed by atoms with Crippen LogP contribution < -0.4 is 11.1 Å². The highest BCUT2D eigenvalue weighted by Crippen LogP contribution is 2.39. The topological polar surface area (TPSA) is 63.8 Å². The maximum Gasteiger partial charge on any atom is 0.136 e. The van der Waals surface area contributed by atoms with Gasteiger partial charge in [0.05, 0.1) is 0 Å². The zero-order chi connectivity index (χ0) is 13.2. The lowest BCUT2D eigenvalue weighted by Crippen LogP contribution is -2.21. The molecule has 0 bridgehead atoms. The monoisotopic (exact) mass is 260 g/mol. The largest absolute Gasteiger partial charge is 0.383 e. The highest BCUT2D eigenvalue weighted by Gasteiger charge is 2.28. The van der Waals surface area contributed by atoms with Crippen molar-refractivity contribution < 1.29 is 0 Å². The van der Waals surface area contributed by atoms with Gasteiger partial charge in [0, 0.05) is 17.5 Å². The molecule has 0 unspecified atom stereocenters. The maximum atomic E-state index is 6.03. The average Bonchev–Trinajstić information content (AvgIpc) is 3.22. The molecule has 0 spiro atoms. The Bertz CT molecular complexity index is 446. The minimum atomic E-state index is 0.553. The van der Waals surface area contributed by atoms with Gasteiger partial charge in [0.2, 0.25) is 0 Å². The molecule has 4 heteroatoms. The molecule has 0 radical (unpaired) electrons. The van der Waals surface area contributed by atoms with E-state index in [1.54, 1.807) is 0 Å². The SMILES string of the molecule is Cc1c(N)nc(C2CC2)nc1NC1CCCCCC1. The first-order valence-corrected chi connectivity index (χ1v) is 7.64. The van der Waals surface area contributed by atoms with Gasteiger partial charge in [0.1, 0.15) is 17.5 Å². The van der Waals surface area contributed by atoms with E-state index in [1.807, 2.05) is 6.92 Å². The molecule has 2 aliphatic rings. The second-order valence-corrected chi connectivity index (χ2v) is 6.05. The number of anilines is 2. The molecule has 0 atom stereocenters. The molecule has 1 aromatic rings. The van der Waals surface area contributed by atoms with Gasteiger partial charge in [-0.3, -0.25) is 0 Å². The van der Waals surface area contributed by atoms with Gasteiger partial charge in [-0.15, -0.1) is 0 Å². The van der Waals surface area contributed by atoms with E-state index >= 15 is 0 Å². The number of rotatable bonds is 3. The molecule has 2 fully saturated rings. The number of nitrogens with one attached hydrogen (secondary N) is 1. The number of hydrogen-bond acceptors (Lipinski definition) is 4. The van der Waals surface area contributed by atoms with Crippen molar-refractivity contribution in [1.29, 1.82) is 0 Å². The molecular formula is C15H24N4. The fraction of sp³-hybridized carbons (Fsp3) is 0.733. The molecule has 104 valence electrons. The molecule has 2 aliphatic carbocycles. The number of nitrogens with two attached hydrogens (primary N) is 1. The normalized spacial score (nSPS) is 21.1. The third kappa shape index (κ3) is 2.99. The molecule has 2 saturated carbocycles. The summed E-state index contributed by atoms with van der Waals surface area (Å²) >= 11 is 0. The molecule has 0 aliphatic heterocycles. The van der Waals surface area contributed by atoms with Gasteiger partial charge in [0.25, 0.3) is 0 Å². The maximum absolute atomic E-state index is 6.03. The second kappa shape index (κ2) is 5.35. The molecular weight excluding hydrogens is 236 g/mol. The quantitative estimate of drug-likeness (QED) is 0.818. The van der Waals surface area contributed by atoms with Crippen LogP contribution in [0.5, 0.6) is 0 Å². The van der Waals surface area contributed by atoms with Crippen molar-refractivity contribution in [3.63, 3.8) is 0 Å². The summed E-state index contributed by atoms with van der Waals surface area (Å²) in [7, 11) is 0. The van der Waals surface area contributed by atoms with Crippen molar-refractivity contribution in [3.05, 3.63) is 11.4 Å². The van der Waals surface area contributed by atoms with E-state index in [1.165, 1.54) is 51.4 Å². The Labute approximate surface area is 115 Å². The van der Waals surface area contributed by atoms with E-state index in [2.05, 4.69) is 10.3 Å². The lowest BCUT2D eigenvalue weighted by atomic mass is 10.1. The van der Waals surface area contributed by atoms with Crippen LogP contribution in [0.3, 0.4) is 0 Å². The van der Waals surface area contributed by atoms with Gasteiger partial charge in [-0.25, -0.2) is 9.97 Å². The van der Waals surface area contributed by atoms with Crippen molar-refractivity contribution in [2.24, 2.45) is 0 Å². The first kappa shape index (κ1) is 12.7. The van der Waals surface area contributed by atoms with Crippen molar-refractivity contribution in [3.8, 4) is 0 Å². The summed E-state index contributed by atoms with van der Waals surface area (Å²) < 4.78 is 0. The summed E-state index contributed by atoms with van der Waals surface area (Å²) in [6.45, 7) is 2.02. The van der Waals surface area contributed by atoms with Crippen molar-refractivity contribution in [2.45, 2.75) is 70.3 Å². The summed E-state index contributed by atoms with van der Waals surface area (Å²) in [5.41, 5.74) is 7.04. The van der Waals surface area contributed by atoms with Crippen LogP contribution in [-0.4, -0.2) is 16.0 Å². The molecule has 3 rings (SSSR count). The molecule has 0 saturated heterocycles. The lowest BCUT2D eigenvalue weighted by molar-refractivity contribution is 0.616. The summed E-state index contributed by atoms with van der Waals surface area (Å²) in [6, 6.07) is 0.558. The van der Waals surface area contributed by atoms with E-state index in [4.69, 9.17) is 10.7 Å². The van der Waals surface area contributed by atoms with Crippen LogP contribution in [0.25, 0.3) is 0 Å². The molecule has 1 aromatic heterocycles. The summed E-state index contributed by atoms with van der Waals surface area (Å²) in [5, 5.41) is 3.62. The van der Waals surface area contributed by atoms with Crippen LogP contribution in [0, 0.1) is 6.92 Å². The van der Waals surface area contributed by atoms with Gasteiger partial charge < -0.3 is 11.1 Å². The van der Waals surface area contributed by atoms with Gasteiger partial charge in [0.15, 0.2) is 0 Å². The molecule has 4 nitrogen and oxygen atoms in total. The lowest BCUT2D eigenvalue weighted by Gasteiger charge is -2.19. The molecule has 1 heterocycles. The zero-order valence-electron chi connectivity index (χ0n) is 11.8. The minimum absolute atomic E-state index is 0.553. The van der Waals surface area contributed by atoms with E-state index < -0.39 is 0 Å². The molecule has 19 heavy (non-hydrogen) atoms. The van der Waals surface area contributed by atoms with Crippen LogP contribution in [0.4, 0.5) is 11.6 Å². The van der Waals surface area contributed by atoms with Gasteiger partial charge in [-0.05, 0) is 32.6 Å². The van der Waals surface area contributed by atoms with Gasteiger partial charge in [-0.1, -0.05) is 25.7 Å². The first-order valence-electron chi connectivity index (χ1n) is 7.64. The Hall–Kier alpha value is -1.32. The third-order valence-electron chi connectivity index (χ3n) is 4.34. The van der Waals surface area contributed by atoms with E-state index in [0.29, 0.717) is 17.8 Å². The minimum Gasteiger partial charge on any atom is -0.383 e. The summed E-state index contributed by atoms with van der Waals surface area (Å²) in [5.74, 6) is 3.12. The summed E-state index contributed by atoms with van der Waals surface area (Å²) in [4.78, 5) is 9.15. The smallest absolute Gasteiger partial charge is 0.136 e. The van der Waals surface area contributed by atoms with Crippen LogP contribution in [0.2, 0.25) is 0 Å². The predicted octanol–water partition coefficient (Wildman–Crippen LogP) is 3.38. The fourth-order valence-electron chi connectivity index (χ4n) is 2.83. The van der Waals surface area contributed by atoms with Crippen LogP contribution in [0.1, 0.15) is 68.7 Å². The van der Waals surface area contributed by atoms with Crippen molar-refractivity contribution in [2.75, 3.05) is 11.1 Å². The van der Waals surface area contributed by atoms with E-state index in [-0.39, 0.29) is 0 Å². The Kier molecular flexibility index (Phi) is 3.58. The average molecular weight is 260 g/mol. The van der Waals surface area contributed by atoms with Crippen LogP contribution in [-0.2, 0) is 0 Å². The number of hydrogen-bond donors (Lipinski definition) is 2. The van der Waals surface area contributed by atoms with Crippen LogP contribution >= 0.6 is 0 Å².